The second-order valence-corrected chi connectivity index (χ2v) is 4.61. The lowest BCUT2D eigenvalue weighted by Crippen LogP contribution is -2.45. The normalized spacial score (nSPS) is 26.5. The van der Waals surface area contributed by atoms with Gasteiger partial charge in [-0.3, -0.25) is 4.79 Å². The van der Waals surface area contributed by atoms with Crippen molar-refractivity contribution in [1.82, 2.24) is 10.6 Å². The van der Waals surface area contributed by atoms with Gasteiger partial charge >= 0.3 is 6.18 Å². The summed E-state index contributed by atoms with van der Waals surface area (Å²) >= 11 is 0. The fraction of sp³-hybridized carbons (Fsp3) is 0.417. The van der Waals surface area contributed by atoms with Gasteiger partial charge < -0.3 is 10.6 Å². The molecule has 1 aromatic rings. The van der Waals surface area contributed by atoms with Gasteiger partial charge in [0.15, 0.2) is 0 Å². The first-order valence-electron chi connectivity index (χ1n) is 5.70. The zero-order valence-electron chi connectivity index (χ0n) is 9.34. The van der Waals surface area contributed by atoms with Crippen molar-refractivity contribution in [1.29, 1.82) is 0 Å². The number of amides is 1. The molecule has 0 saturated carbocycles. The summed E-state index contributed by atoms with van der Waals surface area (Å²) in [5.74, 6) is -0.692. The number of carbonyl (C=O) groups is 1. The number of rotatable bonds is 0. The van der Waals surface area contributed by atoms with Crippen molar-refractivity contribution in [2.24, 2.45) is 0 Å². The summed E-state index contributed by atoms with van der Waals surface area (Å²) in [5.41, 5.74) is -0.554. The highest BCUT2D eigenvalue weighted by molar-refractivity contribution is 5.99. The van der Waals surface area contributed by atoms with Crippen molar-refractivity contribution >= 4 is 5.91 Å². The molecule has 0 aliphatic carbocycles. The van der Waals surface area contributed by atoms with E-state index >= 15 is 0 Å². The Kier molecular flexibility index (Phi) is 2.38. The van der Waals surface area contributed by atoms with E-state index in [0.717, 1.165) is 6.07 Å². The molecular formula is C12H11F3N2O. The first kappa shape index (κ1) is 11.5. The topological polar surface area (TPSA) is 41.1 Å². The van der Waals surface area contributed by atoms with Crippen LogP contribution in [0.2, 0.25) is 0 Å². The highest BCUT2D eigenvalue weighted by Crippen LogP contribution is 2.38. The summed E-state index contributed by atoms with van der Waals surface area (Å²) < 4.78 is 38.7. The van der Waals surface area contributed by atoms with Gasteiger partial charge in [-0.1, -0.05) is 12.1 Å². The lowest BCUT2D eigenvalue weighted by molar-refractivity contribution is -0.138. The van der Waals surface area contributed by atoms with Crippen LogP contribution in [0.4, 0.5) is 13.2 Å². The lowest BCUT2D eigenvalue weighted by Gasteiger charge is -2.29. The second-order valence-electron chi connectivity index (χ2n) is 4.61. The molecule has 2 N–H and O–H groups in total. The van der Waals surface area contributed by atoms with Crippen molar-refractivity contribution in [2.75, 3.05) is 13.1 Å². The minimum absolute atomic E-state index is 0.0694. The average Bonchev–Trinajstić information content (AvgIpc) is 2.75. The molecule has 2 aliphatic rings. The van der Waals surface area contributed by atoms with Gasteiger partial charge in [0, 0.05) is 25.0 Å². The van der Waals surface area contributed by atoms with Crippen molar-refractivity contribution in [2.45, 2.75) is 18.1 Å². The third-order valence-corrected chi connectivity index (χ3v) is 3.56. The SMILES string of the molecule is O=C1N[C@H]2CNC[C@@H]2c2cccc(C(F)(F)F)c21. The molecule has 1 saturated heterocycles. The fourth-order valence-corrected chi connectivity index (χ4v) is 2.77. The van der Waals surface area contributed by atoms with Gasteiger partial charge in [-0.15, -0.1) is 0 Å². The Morgan fingerprint density at radius 1 is 1.22 bits per heavy atom. The van der Waals surface area contributed by atoms with E-state index in [1.807, 2.05) is 0 Å². The predicted molar refractivity (Wildman–Crippen MR) is 58.3 cm³/mol. The first-order valence-corrected chi connectivity index (χ1v) is 5.70. The molecule has 2 heterocycles. The second kappa shape index (κ2) is 3.71. The number of carbonyl (C=O) groups excluding carboxylic acids is 1. The van der Waals surface area contributed by atoms with Crippen molar-refractivity contribution in [3.05, 3.63) is 34.9 Å². The van der Waals surface area contributed by atoms with Crippen molar-refractivity contribution in [3.8, 4) is 0 Å². The fourth-order valence-electron chi connectivity index (χ4n) is 2.77. The highest BCUT2D eigenvalue weighted by Gasteiger charge is 2.43. The van der Waals surface area contributed by atoms with E-state index in [2.05, 4.69) is 10.6 Å². The number of benzene rings is 1. The van der Waals surface area contributed by atoms with Crippen LogP contribution in [-0.2, 0) is 6.18 Å². The van der Waals surface area contributed by atoms with Crippen LogP contribution in [0.25, 0.3) is 0 Å². The maximum atomic E-state index is 12.9. The van der Waals surface area contributed by atoms with Gasteiger partial charge in [0.1, 0.15) is 0 Å². The van der Waals surface area contributed by atoms with Crippen LogP contribution < -0.4 is 10.6 Å². The zero-order valence-corrected chi connectivity index (χ0v) is 9.34. The Morgan fingerprint density at radius 3 is 2.72 bits per heavy atom. The number of nitrogens with one attached hydrogen (secondary N) is 2. The van der Waals surface area contributed by atoms with Gasteiger partial charge in [0.2, 0.25) is 0 Å². The zero-order chi connectivity index (χ0) is 12.9. The van der Waals surface area contributed by atoms with E-state index in [0.29, 0.717) is 18.7 Å². The largest absolute Gasteiger partial charge is 0.417 e. The molecule has 18 heavy (non-hydrogen) atoms. The molecule has 1 fully saturated rings. The van der Waals surface area contributed by atoms with Crippen LogP contribution in [0, 0.1) is 0 Å². The average molecular weight is 256 g/mol. The Balaban J connectivity index is 2.18. The quantitative estimate of drug-likeness (QED) is 0.738. The number of alkyl halides is 3. The third kappa shape index (κ3) is 1.59. The summed E-state index contributed by atoms with van der Waals surface area (Å²) in [6.45, 7) is 1.20. The van der Waals surface area contributed by atoms with Gasteiger partial charge in [-0.25, -0.2) is 0 Å². The Morgan fingerprint density at radius 2 is 2.00 bits per heavy atom. The Bertz CT molecular complexity index is 513. The number of fused-ring (bicyclic) bond motifs is 3. The van der Waals surface area contributed by atoms with E-state index in [4.69, 9.17) is 0 Å². The molecule has 0 bridgehead atoms. The van der Waals surface area contributed by atoms with E-state index in [1.165, 1.54) is 6.07 Å². The van der Waals surface area contributed by atoms with Crippen LogP contribution in [0.5, 0.6) is 0 Å². The number of hydrogen-bond donors (Lipinski definition) is 2. The van der Waals surface area contributed by atoms with Crippen molar-refractivity contribution < 1.29 is 18.0 Å². The molecule has 1 aromatic carbocycles. The third-order valence-electron chi connectivity index (χ3n) is 3.56. The molecule has 0 unspecified atom stereocenters. The molecule has 1 amide bonds. The van der Waals surface area contributed by atoms with Gasteiger partial charge in [0.05, 0.1) is 11.1 Å². The lowest BCUT2D eigenvalue weighted by atomic mass is 9.84. The van der Waals surface area contributed by atoms with Gasteiger partial charge in [0.25, 0.3) is 5.91 Å². The summed E-state index contributed by atoms with van der Waals surface area (Å²) in [6, 6.07) is 3.85. The van der Waals surface area contributed by atoms with Crippen molar-refractivity contribution in [3.63, 3.8) is 0 Å². The minimum Gasteiger partial charge on any atom is -0.347 e. The maximum absolute atomic E-state index is 12.9. The molecular weight excluding hydrogens is 245 g/mol. The van der Waals surface area contributed by atoms with Gasteiger partial charge in [-0.05, 0) is 11.6 Å². The molecule has 2 aliphatic heterocycles. The first-order chi connectivity index (χ1) is 8.48. The summed E-state index contributed by atoms with van der Waals surface area (Å²) in [7, 11) is 0. The van der Waals surface area contributed by atoms with E-state index < -0.39 is 17.6 Å². The smallest absolute Gasteiger partial charge is 0.347 e. The number of hydrogen-bond acceptors (Lipinski definition) is 2. The van der Waals surface area contributed by atoms with Crippen LogP contribution in [-0.4, -0.2) is 25.0 Å². The maximum Gasteiger partial charge on any atom is 0.417 e. The molecule has 0 aromatic heterocycles. The summed E-state index contributed by atoms with van der Waals surface area (Å²) in [6.07, 6.45) is -4.50. The molecule has 2 atom stereocenters. The molecule has 96 valence electrons. The minimum atomic E-state index is -4.50. The molecule has 0 radical (unpaired) electrons. The molecule has 3 rings (SSSR count). The summed E-state index contributed by atoms with van der Waals surface area (Å²) in [4.78, 5) is 11.9. The van der Waals surface area contributed by atoms with E-state index in [1.54, 1.807) is 6.07 Å². The van der Waals surface area contributed by atoms with Gasteiger partial charge in [-0.2, -0.15) is 13.2 Å². The molecule has 3 nitrogen and oxygen atoms in total. The Labute approximate surface area is 101 Å². The van der Waals surface area contributed by atoms with Crippen LogP contribution in [0.1, 0.15) is 27.4 Å². The van der Waals surface area contributed by atoms with E-state index in [-0.39, 0.29) is 17.5 Å². The predicted octanol–water partition coefficient (Wildman–Crippen LogP) is 1.50. The monoisotopic (exact) mass is 256 g/mol. The molecule has 6 heteroatoms. The van der Waals surface area contributed by atoms with Crippen LogP contribution in [0.15, 0.2) is 18.2 Å². The summed E-state index contributed by atoms with van der Waals surface area (Å²) in [5, 5.41) is 5.73. The standard InChI is InChI=1S/C12H11F3N2O/c13-12(14,15)8-3-1-2-6-7-4-16-5-9(7)17-11(18)10(6)8/h1-3,7,9,16H,4-5H2,(H,17,18)/t7-,9+/m1/s1. The van der Waals surface area contributed by atoms with Crippen LogP contribution >= 0.6 is 0 Å². The van der Waals surface area contributed by atoms with Crippen LogP contribution in [0.3, 0.4) is 0 Å². The Hall–Kier alpha value is -1.56. The highest BCUT2D eigenvalue weighted by atomic mass is 19.4. The molecule has 0 spiro atoms. The number of halogens is 3. The van der Waals surface area contributed by atoms with E-state index in [9.17, 15) is 18.0 Å².